The van der Waals surface area contributed by atoms with Crippen LogP contribution in [0.15, 0.2) is 128 Å². The van der Waals surface area contributed by atoms with Gasteiger partial charge in [0.1, 0.15) is 6.04 Å². The summed E-state index contributed by atoms with van der Waals surface area (Å²) in [6.07, 6.45) is 0.205. The molecule has 4 aromatic rings. The van der Waals surface area contributed by atoms with Gasteiger partial charge in [0.05, 0.1) is 10.6 Å². The Morgan fingerprint density at radius 3 is 2.09 bits per heavy atom. The summed E-state index contributed by atoms with van der Waals surface area (Å²) in [4.78, 5) is 15.4. The van der Waals surface area contributed by atoms with Gasteiger partial charge < -0.3 is 5.32 Å². The van der Waals surface area contributed by atoms with E-state index in [2.05, 4.69) is 26.0 Å². The van der Waals surface area contributed by atoms with Crippen LogP contribution < -0.4 is 10.0 Å². The van der Waals surface area contributed by atoms with Crippen LogP contribution in [0, 0.1) is 0 Å². The number of amides is 1. The summed E-state index contributed by atoms with van der Waals surface area (Å²) in [5.41, 5.74) is 1.46. The SMILES string of the molecule is O=C(Nc1ccccc1Sc1ccccc1)[C@@H](Cc1ccccc1)NS(=O)(=O)c1ccc(Br)cc1. The quantitative estimate of drug-likeness (QED) is 0.255. The third kappa shape index (κ3) is 7.05. The van der Waals surface area contributed by atoms with E-state index in [4.69, 9.17) is 0 Å². The predicted octanol–water partition coefficient (Wildman–Crippen LogP) is 6.13. The molecule has 35 heavy (non-hydrogen) atoms. The molecular formula is C27H23BrN2O3S2. The maximum Gasteiger partial charge on any atom is 0.242 e. The number of sulfonamides is 1. The van der Waals surface area contributed by atoms with Crippen LogP contribution in [-0.4, -0.2) is 20.4 Å². The molecule has 0 aliphatic carbocycles. The van der Waals surface area contributed by atoms with Crippen LogP contribution in [0.5, 0.6) is 0 Å². The summed E-state index contributed by atoms with van der Waals surface area (Å²) in [7, 11) is -3.93. The van der Waals surface area contributed by atoms with E-state index in [0.29, 0.717) is 5.69 Å². The number of carbonyl (C=O) groups is 1. The molecule has 0 heterocycles. The van der Waals surface area contributed by atoms with Crippen molar-refractivity contribution in [1.82, 2.24) is 4.72 Å². The molecule has 4 rings (SSSR count). The Labute approximate surface area is 218 Å². The van der Waals surface area contributed by atoms with E-state index in [0.717, 1.165) is 19.8 Å². The normalized spacial score (nSPS) is 12.1. The molecule has 1 amide bonds. The summed E-state index contributed by atoms with van der Waals surface area (Å²) >= 11 is 4.84. The van der Waals surface area contributed by atoms with E-state index in [9.17, 15) is 13.2 Å². The van der Waals surface area contributed by atoms with Gasteiger partial charge in [-0.25, -0.2) is 8.42 Å². The van der Waals surface area contributed by atoms with Gasteiger partial charge in [-0.3, -0.25) is 4.79 Å². The van der Waals surface area contributed by atoms with E-state index in [1.54, 1.807) is 12.1 Å². The minimum atomic E-state index is -3.93. The predicted molar refractivity (Wildman–Crippen MR) is 144 cm³/mol. The van der Waals surface area contributed by atoms with Crippen molar-refractivity contribution in [1.29, 1.82) is 0 Å². The Balaban J connectivity index is 1.59. The number of para-hydroxylation sites is 1. The molecule has 0 aliphatic rings. The molecule has 0 bridgehead atoms. The second-order valence-corrected chi connectivity index (χ2v) is 11.5. The second kappa shape index (κ2) is 11.7. The van der Waals surface area contributed by atoms with Crippen LogP contribution in [0.2, 0.25) is 0 Å². The standard InChI is InChI=1S/C27H23BrN2O3S2/c28-21-15-17-23(18-16-21)35(32,33)30-25(19-20-9-3-1-4-10-20)27(31)29-24-13-7-8-14-26(24)34-22-11-5-2-6-12-22/h1-18,25,30H,19H2,(H,29,31)/t25-/m1/s1. The summed E-state index contributed by atoms with van der Waals surface area (Å²) < 4.78 is 29.6. The number of nitrogens with one attached hydrogen (secondary N) is 2. The number of anilines is 1. The zero-order valence-electron chi connectivity index (χ0n) is 18.6. The fourth-order valence-corrected chi connectivity index (χ4v) is 5.78. The molecular weight excluding hydrogens is 544 g/mol. The first-order valence-corrected chi connectivity index (χ1v) is 13.9. The lowest BCUT2D eigenvalue weighted by atomic mass is 10.1. The summed E-state index contributed by atoms with van der Waals surface area (Å²) in [5.74, 6) is -0.435. The highest BCUT2D eigenvalue weighted by Crippen LogP contribution is 2.33. The molecule has 0 saturated heterocycles. The van der Waals surface area contributed by atoms with E-state index in [1.165, 1.54) is 23.9 Å². The number of rotatable bonds is 9. The van der Waals surface area contributed by atoms with Crippen molar-refractivity contribution >= 4 is 49.3 Å². The molecule has 2 N–H and O–H groups in total. The van der Waals surface area contributed by atoms with Gasteiger partial charge in [-0.2, -0.15) is 4.72 Å². The van der Waals surface area contributed by atoms with Crippen LogP contribution in [0.1, 0.15) is 5.56 Å². The van der Waals surface area contributed by atoms with Gasteiger partial charge in [0.2, 0.25) is 15.9 Å². The zero-order chi connectivity index (χ0) is 24.7. The van der Waals surface area contributed by atoms with Crippen molar-refractivity contribution in [3.8, 4) is 0 Å². The van der Waals surface area contributed by atoms with Crippen molar-refractivity contribution in [3.63, 3.8) is 0 Å². The van der Waals surface area contributed by atoms with Crippen molar-refractivity contribution in [3.05, 3.63) is 119 Å². The molecule has 0 aliphatic heterocycles. The van der Waals surface area contributed by atoms with Gasteiger partial charge in [0, 0.05) is 14.3 Å². The highest BCUT2D eigenvalue weighted by molar-refractivity contribution is 9.10. The Morgan fingerprint density at radius 2 is 1.40 bits per heavy atom. The van der Waals surface area contributed by atoms with Crippen LogP contribution in [0.25, 0.3) is 0 Å². The molecule has 0 radical (unpaired) electrons. The minimum Gasteiger partial charge on any atom is -0.324 e. The molecule has 0 unspecified atom stereocenters. The third-order valence-corrected chi connectivity index (χ3v) is 8.24. The van der Waals surface area contributed by atoms with E-state index in [-0.39, 0.29) is 11.3 Å². The lowest BCUT2D eigenvalue weighted by molar-refractivity contribution is -0.117. The van der Waals surface area contributed by atoms with Gasteiger partial charge in [-0.1, -0.05) is 88.4 Å². The lowest BCUT2D eigenvalue weighted by Crippen LogP contribution is -2.45. The first-order valence-electron chi connectivity index (χ1n) is 10.9. The summed E-state index contributed by atoms with van der Waals surface area (Å²) in [6.45, 7) is 0. The Bertz CT molecular complexity index is 1380. The molecule has 0 saturated carbocycles. The lowest BCUT2D eigenvalue weighted by Gasteiger charge is -2.20. The molecule has 8 heteroatoms. The molecule has 4 aromatic carbocycles. The van der Waals surface area contributed by atoms with Crippen molar-refractivity contribution < 1.29 is 13.2 Å². The fraction of sp³-hybridized carbons (Fsp3) is 0.0741. The zero-order valence-corrected chi connectivity index (χ0v) is 21.8. The molecule has 0 fully saturated rings. The molecule has 1 atom stereocenters. The Hall–Kier alpha value is -2.91. The summed E-state index contributed by atoms with van der Waals surface area (Å²) in [5, 5.41) is 2.94. The minimum absolute atomic E-state index is 0.0894. The molecule has 5 nitrogen and oxygen atoms in total. The van der Waals surface area contributed by atoms with Crippen LogP contribution in [-0.2, 0) is 21.2 Å². The Kier molecular flexibility index (Phi) is 8.41. The van der Waals surface area contributed by atoms with Crippen LogP contribution in [0.4, 0.5) is 5.69 Å². The largest absolute Gasteiger partial charge is 0.324 e. The van der Waals surface area contributed by atoms with Crippen molar-refractivity contribution in [2.45, 2.75) is 27.1 Å². The maximum atomic E-state index is 13.4. The average Bonchev–Trinajstić information content (AvgIpc) is 2.86. The van der Waals surface area contributed by atoms with Gasteiger partial charge in [-0.05, 0) is 60.5 Å². The smallest absolute Gasteiger partial charge is 0.242 e. The monoisotopic (exact) mass is 566 g/mol. The van der Waals surface area contributed by atoms with E-state index in [1.807, 2.05) is 84.9 Å². The number of halogens is 1. The van der Waals surface area contributed by atoms with Gasteiger partial charge >= 0.3 is 0 Å². The molecule has 0 spiro atoms. The number of benzene rings is 4. The summed E-state index contributed by atoms with van der Waals surface area (Å²) in [6, 6.07) is 31.9. The van der Waals surface area contributed by atoms with E-state index >= 15 is 0 Å². The van der Waals surface area contributed by atoms with Gasteiger partial charge in [-0.15, -0.1) is 0 Å². The number of hydrogen-bond acceptors (Lipinski definition) is 4. The number of hydrogen-bond donors (Lipinski definition) is 2. The fourth-order valence-electron chi connectivity index (χ4n) is 3.40. The van der Waals surface area contributed by atoms with Gasteiger partial charge in [0.25, 0.3) is 0 Å². The van der Waals surface area contributed by atoms with Gasteiger partial charge in [0.15, 0.2) is 0 Å². The maximum absolute atomic E-state index is 13.4. The first-order chi connectivity index (χ1) is 16.9. The average molecular weight is 568 g/mol. The van der Waals surface area contributed by atoms with E-state index < -0.39 is 22.0 Å². The second-order valence-electron chi connectivity index (χ2n) is 7.72. The van der Waals surface area contributed by atoms with Crippen molar-refractivity contribution in [2.75, 3.05) is 5.32 Å². The molecule has 0 aromatic heterocycles. The third-order valence-electron chi connectivity index (χ3n) is 5.14. The highest BCUT2D eigenvalue weighted by Gasteiger charge is 2.27. The topological polar surface area (TPSA) is 75.3 Å². The van der Waals surface area contributed by atoms with Crippen LogP contribution in [0.3, 0.4) is 0 Å². The first kappa shape index (κ1) is 25.2. The highest BCUT2D eigenvalue weighted by atomic mass is 79.9. The Morgan fingerprint density at radius 1 is 0.800 bits per heavy atom. The van der Waals surface area contributed by atoms with Crippen molar-refractivity contribution in [2.24, 2.45) is 0 Å². The molecule has 178 valence electrons. The number of carbonyl (C=O) groups excluding carboxylic acids is 1. The van der Waals surface area contributed by atoms with Crippen LogP contribution >= 0.6 is 27.7 Å².